The van der Waals surface area contributed by atoms with Crippen molar-refractivity contribution in [3.63, 3.8) is 0 Å². The summed E-state index contributed by atoms with van der Waals surface area (Å²) in [7, 11) is 0. The minimum atomic E-state index is -1.21. The van der Waals surface area contributed by atoms with Crippen LogP contribution in [-0.4, -0.2) is 34.4 Å². The van der Waals surface area contributed by atoms with Gasteiger partial charge in [0, 0.05) is 4.92 Å². The first kappa shape index (κ1) is 12.6. The van der Waals surface area contributed by atoms with E-state index >= 15 is 0 Å². The van der Waals surface area contributed by atoms with Gasteiger partial charge in [0.25, 0.3) is 6.04 Å². The second kappa shape index (κ2) is 7.07. The zero-order valence-corrected chi connectivity index (χ0v) is 8.27. The van der Waals surface area contributed by atoms with Crippen molar-refractivity contribution in [1.82, 2.24) is 0 Å². The summed E-state index contributed by atoms with van der Waals surface area (Å²) in [6, 6.07) is -1.21. The number of hydrogen-bond acceptors (Lipinski definition) is 4. The van der Waals surface area contributed by atoms with Crippen LogP contribution in [0.25, 0.3) is 0 Å². The molecule has 0 fully saturated rings. The van der Waals surface area contributed by atoms with E-state index in [4.69, 9.17) is 10.2 Å². The Balaban J connectivity index is 0. The molecule has 0 unspecified atom stereocenters. The van der Waals surface area contributed by atoms with Crippen LogP contribution >= 0.6 is 0 Å². The standard InChI is InChI=1S/C3H7NO4.K/c5-1-3(2-6)4(7)8;/h3,5-6H,1-2H2;/q;+1. The summed E-state index contributed by atoms with van der Waals surface area (Å²) in [5, 5.41) is 25.8. The number of hydrogen-bond donors (Lipinski definition) is 2. The zero-order valence-electron chi connectivity index (χ0n) is 5.15. The molecule has 9 heavy (non-hydrogen) atoms. The summed E-state index contributed by atoms with van der Waals surface area (Å²) >= 11 is 0. The molecule has 48 valence electrons. The summed E-state index contributed by atoms with van der Waals surface area (Å²) in [5.41, 5.74) is 0. The monoisotopic (exact) mass is 160 g/mol. The third-order valence-corrected chi connectivity index (χ3v) is 0.720. The van der Waals surface area contributed by atoms with Crippen LogP contribution in [-0.2, 0) is 0 Å². The van der Waals surface area contributed by atoms with Crippen molar-refractivity contribution in [3.8, 4) is 0 Å². The van der Waals surface area contributed by atoms with Crippen molar-refractivity contribution in [2.45, 2.75) is 6.04 Å². The van der Waals surface area contributed by atoms with E-state index in [1.54, 1.807) is 0 Å². The minimum Gasteiger partial charge on any atom is -0.389 e. The number of aliphatic hydroxyl groups is 2. The van der Waals surface area contributed by atoms with E-state index in [0.29, 0.717) is 0 Å². The molecule has 0 rings (SSSR count). The maximum absolute atomic E-state index is 9.65. The molecule has 0 aromatic rings. The van der Waals surface area contributed by atoms with E-state index in [1.165, 1.54) is 0 Å². The molecular formula is C3H7KNO4+. The van der Waals surface area contributed by atoms with Crippen LogP contribution in [0.3, 0.4) is 0 Å². The third-order valence-electron chi connectivity index (χ3n) is 0.720. The first-order valence-electron chi connectivity index (χ1n) is 2.07. The van der Waals surface area contributed by atoms with Crippen molar-refractivity contribution in [1.29, 1.82) is 0 Å². The van der Waals surface area contributed by atoms with Crippen molar-refractivity contribution >= 4 is 0 Å². The first-order chi connectivity index (χ1) is 3.72. The van der Waals surface area contributed by atoms with Gasteiger partial charge in [0.05, 0.1) is 0 Å². The predicted molar refractivity (Wildman–Crippen MR) is 25.0 cm³/mol. The fourth-order valence-electron chi connectivity index (χ4n) is 0.191. The first-order valence-corrected chi connectivity index (χ1v) is 2.07. The quantitative estimate of drug-likeness (QED) is 0.248. The Morgan fingerprint density at radius 2 is 1.78 bits per heavy atom. The number of nitrogens with zero attached hydrogens (tertiary/aromatic N) is 1. The molecule has 0 aromatic carbocycles. The van der Waals surface area contributed by atoms with Crippen molar-refractivity contribution < 1.29 is 66.5 Å². The van der Waals surface area contributed by atoms with Gasteiger partial charge in [-0.2, -0.15) is 0 Å². The molecular weight excluding hydrogens is 153 g/mol. The van der Waals surface area contributed by atoms with Crippen LogP contribution in [0.15, 0.2) is 0 Å². The third kappa shape index (κ3) is 5.40. The molecule has 0 radical (unpaired) electrons. The van der Waals surface area contributed by atoms with Crippen molar-refractivity contribution in [2.24, 2.45) is 0 Å². The van der Waals surface area contributed by atoms with Gasteiger partial charge < -0.3 is 10.2 Å². The van der Waals surface area contributed by atoms with E-state index < -0.39 is 24.2 Å². The molecule has 6 heteroatoms. The van der Waals surface area contributed by atoms with Gasteiger partial charge >= 0.3 is 51.4 Å². The van der Waals surface area contributed by atoms with Crippen LogP contribution in [0.5, 0.6) is 0 Å². The largest absolute Gasteiger partial charge is 1.00 e. The number of rotatable bonds is 3. The van der Waals surface area contributed by atoms with Crippen LogP contribution in [0.1, 0.15) is 0 Å². The fraction of sp³-hybridized carbons (Fsp3) is 1.00. The van der Waals surface area contributed by atoms with Gasteiger partial charge in [0.15, 0.2) is 0 Å². The molecule has 0 bridgehead atoms. The number of nitro groups is 1. The Hall–Kier alpha value is 0.956. The minimum absolute atomic E-state index is 0. The van der Waals surface area contributed by atoms with Gasteiger partial charge in [-0.05, 0) is 0 Å². The van der Waals surface area contributed by atoms with Crippen molar-refractivity contribution in [2.75, 3.05) is 13.2 Å². The molecule has 0 saturated heterocycles. The maximum Gasteiger partial charge on any atom is 1.00 e. The normalized spacial score (nSPS) is 8.78. The molecule has 0 aliphatic rings. The Labute approximate surface area is 94.6 Å². The van der Waals surface area contributed by atoms with Crippen LogP contribution < -0.4 is 51.4 Å². The summed E-state index contributed by atoms with van der Waals surface area (Å²) < 4.78 is 0. The average molecular weight is 160 g/mol. The molecule has 0 atom stereocenters. The SMILES string of the molecule is O=[N+]([O-])C(CO)CO.[K+]. The van der Waals surface area contributed by atoms with Gasteiger partial charge in [-0.25, -0.2) is 0 Å². The van der Waals surface area contributed by atoms with Gasteiger partial charge in [-0.1, -0.05) is 0 Å². The zero-order chi connectivity index (χ0) is 6.57. The number of aliphatic hydroxyl groups excluding tert-OH is 2. The van der Waals surface area contributed by atoms with Gasteiger partial charge in [-0.15, -0.1) is 0 Å². The van der Waals surface area contributed by atoms with Crippen LogP contribution in [0, 0.1) is 10.1 Å². The van der Waals surface area contributed by atoms with E-state index in [-0.39, 0.29) is 51.4 Å². The smallest absolute Gasteiger partial charge is 0.389 e. The van der Waals surface area contributed by atoms with Crippen LogP contribution in [0.2, 0.25) is 0 Å². The molecule has 5 nitrogen and oxygen atoms in total. The molecule has 0 aliphatic carbocycles. The van der Waals surface area contributed by atoms with Crippen LogP contribution in [0.4, 0.5) is 0 Å². The van der Waals surface area contributed by atoms with E-state index in [0.717, 1.165) is 0 Å². The van der Waals surface area contributed by atoms with Gasteiger partial charge in [0.2, 0.25) is 0 Å². The molecule has 2 N–H and O–H groups in total. The summed E-state index contributed by atoms with van der Waals surface area (Å²) in [6.45, 7) is -1.22. The van der Waals surface area contributed by atoms with E-state index in [2.05, 4.69) is 0 Å². The van der Waals surface area contributed by atoms with Gasteiger partial charge in [-0.3, -0.25) is 10.1 Å². The average Bonchev–Trinajstić information content (AvgIpc) is 1.69. The molecule has 0 aromatic heterocycles. The second-order valence-electron chi connectivity index (χ2n) is 1.30. The Morgan fingerprint density at radius 3 is 1.78 bits per heavy atom. The predicted octanol–water partition coefficient (Wildman–Crippen LogP) is -4.38. The maximum atomic E-state index is 9.65. The second-order valence-corrected chi connectivity index (χ2v) is 1.30. The molecule has 0 saturated carbocycles. The molecule has 0 amide bonds. The summed E-state index contributed by atoms with van der Waals surface area (Å²) in [6.07, 6.45) is 0. The Kier molecular flexibility index (Phi) is 9.91. The molecule has 0 spiro atoms. The summed E-state index contributed by atoms with van der Waals surface area (Å²) in [5.74, 6) is 0. The van der Waals surface area contributed by atoms with Crippen molar-refractivity contribution in [3.05, 3.63) is 10.1 Å². The Morgan fingerprint density at radius 1 is 1.44 bits per heavy atom. The topological polar surface area (TPSA) is 83.6 Å². The van der Waals surface area contributed by atoms with E-state index in [1.807, 2.05) is 0 Å². The Bertz CT molecular complexity index is 83.9. The van der Waals surface area contributed by atoms with Gasteiger partial charge in [0.1, 0.15) is 13.2 Å². The van der Waals surface area contributed by atoms with E-state index in [9.17, 15) is 10.1 Å². The molecule has 0 heterocycles. The molecule has 0 aliphatic heterocycles. The summed E-state index contributed by atoms with van der Waals surface area (Å²) in [4.78, 5) is 8.92. The fourth-order valence-corrected chi connectivity index (χ4v) is 0.191.